The molecule has 10 bridgehead atoms. The molecule has 24 nitrogen and oxygen atoms in total. The molecule has 0 aliphatic carbocycles. The van der Waals surface area contributed by atoms with Crippen LogP contribution in [0.5, 0.6) is 0 Å². The van der Waals surface area contributed by atoms with Gasteiger partial charge in [0.15, 0.2) is 0 Å². The Hall–Kier alpha value is -6.96. The second-order valence-corrected chi connectivity index (χ2v) is 26.7. The molecule has 1 aromatic carbocycles. The zero-order valence-corrected chi connectivity index (χ0v) is 50.6. The molecule has 0 unspecified atom stereocenters. The number of hydrogen-bond acceptors (Lipinski definition) is 22. The molecule has 7 aromatic heterocycles. The molecule has 9 N–H and O–H groups in total. The van der Waals surface area contributed by atoms with Gasteiger partial charge in [0.05, 0.1) is 42.2 Å². The summed E-state index contributed by atoms with van der Waals surface area (Å²) in [5, 5.41) is 37.6. The van der Waals surface area contributed by atoms with Gasteiger partial charge in [-0.25, -0.2) is 34.9 Å². The first-order valence-electron chi connectivity index (χ1n) is 25.5. The Kier molecular flexibility index (Phi) is 19.5. The summed E-state index contributed by atoms with van der Waals surface area (Å²) in [6.07, 6.45) is -1.38. The SMILES string of the molecule is CNC(=O)C[C@@H]1NC(=O)c2csc(n2)-c2ccc(-c3nc(NC(=O)CCCCP(=O)(O)O)cs3)nc2-c2csc(n2)-c2csc(n2)[C@H]([C@@H](O)c2ccccc2)NC(=O)CNC(=O)c2nc(sc2COC)[C@@H](C(C)C)NC(=O)c2nc1sc2C. The number of nitrogens with one attached hydrogen (secondary N) is 6. The van der Waals surface area contributed by atoms with E-state index in [9.17, 15) is 48.2 Å². The molecule has 0 saturated heterocycles. The number of carbonyl (C=O) groups is 6. The second kappa shape index (κ2) is 26.7. The zero-order chi connectivity index (χ0) is 59.1. The maximum absolute atomic E-state index is 14.3. The van der Waals surface area contributed by atoms with Crippen LogP contribution in [0.15, 0.2) is 64.0 Å². The summed E-state index contributed by atoms with van der Waals surface area (Å²) in [5.41, 5.74) is 2.57. The zero-order valence-electron chi connectivity index (χ0n) is 44.8. The number of rotatable bonds is 14. The van der Waals surface area contributed by atoms with Crippen LogP contribution < -0.4 is 31.9 Å². The number of carbonyl (C=O) groups excluding carboxylic acids is 6. The number of methoxy groups -OCH3 is 1. The molecule has 434 valence electrons. The van der Waals surface area contributed by atoms with Crippen LogP contribution >= 0.6 is 75.6 Å². The van der Waals surface area contributed by atoms with Gasteiger partial charge >= 0.3 is 7.60 Å². The van der Waals surface area contributed by atoms with Crippen molar-refractivity contribution < 1.29 is 53.0 Å². The van der Waals surface area contributed by atoms with Gasteiger partial charge in [-0.1, -0.05) is 44.2 Å². The van der Waals surface area contributed by atoms with E-state index in [1.165, 1.54) is 48.2 Å². The first-order chi connectivity index (χ1) is 39.7. The van der Waals surface area contributed by atoms with Crippen LogP contribution in [0.3, 0.4) is 0 Å². The van der Waals surface area contributed by atoms with Gasteiger partial charge in [-0.15, -0.1) is 68.0 Å². The Balaban J connectivity index is 1.10. The largest absolute Gasteiger partial charge is 0.386 e. The van der Waals surface area contributed by atoms with Crippen molar-refractivity contribution in [3.05, 3.63) is 111 Å². The maximum Gasteiger partial charge on any atom is 0.325 e. The van der Waals surface area contributed by atoms with Crippen molar-refractivity contribution >= 4 is 117 Å². The minimum atomic E-state index is -4.19. The maximum atomic E-state index is 14.3. The third-order valence-corrected chi connectivity index (χ3v) is 19.2. The number of aryl methyl sites for hydroxylation is 1. The minimum Gasteiger partial charge on any atom is -0.386 e. The number of pyridine rings is 1. The van der Waals surface area contributed by atoms with Crippen LogP contribution in [0.25, 0.3) is 43.4 Å². The van der Waals surface area contributed by atoms with Crippen LogP contribution in [0.2, 0.25) is 0 Å². The average molecular weight is 1260 g/mol. The van der Waals surface area contributed by atoms with Gasteiger partial charge in [0, 0.05) is 58.7 Å². The van der Waals surface area contributed by atoms with Crippen molar-refractivity contribution in [1.82, 2.24) is 61.5 Å². The van der Waals surface area contributed by atoms with Crippen molar-refractivity contribution in [3.8, 4) is 43.4 Å². The molecule has 8 aromatic rings. The Morgan fingerprint density at radius 2 is 1.42 bits per heavy atom. The van der Waals surface area contributed by atoms with E-state index in [-0.39, 0.29) is 78.2 Å². The number of aliphatic hydroxyl groups is 1. The Morgan fingerprint density at radius 3 is 2.17 bits per heavy atom. The van der Waals surface area contributed by atoms with Gasteiger partial charge in [0.1, 0.15) is 82.2 Å². The predicted molar refractivity (Wildman–Crippen MR) is 316 cm³/mol. The highest BCUT2D eigenvalue weighted by atomic mass is 32.1. The van der Waals surface area contributed by atoms with E-state index in [0.29, 0.717) is 68.7 Å². The number of fused-ring (bicyclic) bond motifs is 14. The number of unbranched alkanes of at least 4 members (excludes halogenated alkanes) is 1. The van der Waals surface area contributed by atoms with E-state index in [4.69, 9.17) is 24.7 Å². The summed E-state index contributed by atoms with van der Waals surface area (Å²) in [4.78, 5) is 135. The highest BCUT2D eigenvalue weighted by molar-refractivity contribution is 7.51. The average Bonchev–Trinajstić information content (AvgIpc) is 4.41. The number of thiazole rings is 6. The third-order valence-electron chi connectivity index (χ3n) is 12.6. The topological polar surface area (TPSA) is 352 Å². The minimum absolute atomic E-state index is 0.00412. The predicted octanol–water partition coefficient (Wildman–Crippen LogP) is 7.60. The lowest BCUT2D eigenvalue weighted by molar-refractivity contribution is -0.122. The van der Waals surface area contributed by atoms with E-state index in [1.54, 1.807) is 70.9 Å². The van der Waals surface area contributed by atoms with Gasteiger partial charge < -0.3 is 51.5 Å². The van der Waals surface area contributed by atoms with Gasteiger partial charge in [-0.3, -0.25) is 33.3 Å². The number of nitrogens with zero attached hydrogens (tertiary/aromatic N) is 7. The van der Waals surface area contributed by atoms with Crippen molar-refractivity contribution in [2.45, 2.75) is 77.3 Å². The third kappa shape index (κ3) is 14.9. The van der Waals surface area contributed by atoms with Crippen molar-refractivity contribution in [2.24, 2.45) is 5.92 Å². The molecular formula is C52H54N13O11PS6. The molecule has 0 radical (unpaired) electrons. The summed E-state index contributed by atoms with van der Waals surface area (Å²) >= 11 is 7.09. The molecule has 0 saturated carbocycles. The first-order valence-corrected chi connectivity index (χ1v) is 32.5. The number of hydrogen-bond donors (Lipinski definition) is 9. The Bertz CT molecular complexity index is 3740. The van der Waals surface area contributed by atoms with Crippen LogP contribution in [-0.2, 0) is 30.3 Å². The smallest absolute Gasteiger partial charge is 0.325 e. The Labute approximate surface area is 498 Å². The molecule has 1 aliphatic heterocycles. The van der Waals surface area contributed by atoms with E-state index < -0.39 is 67.9 Å². The van der Waals surface area contributed by atoms with E-state index in [1.807, 2.05) is 13.8 Å². The summed E-state index contributed by atoms with van der Waals surface area (Å²) in [7, 11) is -1.26. The molecule has 9 rings (SSSR count). The molecule has 0 fully saturated rings. The number of aliphatic hydroxyl groups excluding tert-OH is 1. The summed E-state index contributed by atoms with van der Waals surface area (Å²) in [5.74, 6) is -3.32. The summed E-state index contributed by atoms with van der Waals surface area (Å²) < 4.78 is 16.7. The van der Waals surface area contributed by atoms with Gasteiger partial charge in [-0.05, 0) is 43.4 Å². The number of benzene rings is 1. The Morgan fingerprint density at radius 1 is 0.711 bits per heavy atom. The highest BCUT2D eigenvalue weighted by Crippen LogP contribution is 2.40. The van der Waals surface area contributed by atoms with Crippen LogP contribution in [-0.4, -0.2) is 112 Å². The first kappa shape index (κ1) is 60.6. The molecule has 83 heavy (non-hydrogen) atoms. The molecule has 1 aliphatic rings. The normalized spacial score (nSPS) is 16.6. The summed E-state index contributed by atoms with van der Waals surface area (Å²) in [6.45, 7) is 4.92. The number of amides is 6. The standard InChI is InChI=1S/C52H54N13O11PS6/c1-24(2)38-52-65-41(33(83-52)19-76-5)45(71)54-18-37(68)62-42(43(69)26-11-7-6-8-12-26)51-59-32(22-80-51)49-57-30(20-79-49)40-27(14-15-28(55-40)48-61-34(23-81-48)60-35(66)13-9-10-16-77(73,74)75)47-58-31(21-78-47)44(70)56-29(17-36(67)53-4)50-64-39(25(3)82-50)46(72)63-38/h6-8,11-12,14-15,20-24,29,38,42-43,69H,9-10,13,16-19H2,1-5H3,(H,53,67)(H,54,71)(H,56,70)(H,60,66)(H,62,68)(H,63,72)(H2,73,74,75)/t29-,38+,42-,43-/m0/s1. The molecular weight excluding hydrogens is 1210 g/mol. The molecule has 8 heterocycles. The van der Waals surface area contributed by atoms with E-state index in [0.717, 1.165) is 34.0 Å². The van der Waals surface area contributed by atoms with Gasteiger partial charge in [-0.2, -0.15) is 0 Å². The fourth-order valence-corrected chi connectivity index (χ4v) is 14.6. The molecule has 31 heteroatoms. The lowest BCUT2D eigenvalue weighted by Crippen LogP contribution is -2.40. The number of aromatic nitrogens is 7. The van der Waals surface area contributed by atoms with Crippen LogP contribution in [0.1, 0.15) is 126 Å². The van der Waals surface area contributed by atoms with Crippen molar-refractivity contribution in [1.29, 1.82) is 0 Å². The van der Waals surface area contributed by atoms with Crippen LogP contribution in [0.4, 0.5) is 5.82 Å². The molecule has 4 atom stereocenters. The van der Waals surface area contributed by atoms with E-state index >= 15 is 0 Å². The molecule has 6 amide bonds. The number of ether oxygens (including phenoxy) is 1. The lowest BCUT2D eigenvalue weighted by atomic mass is 10.0. The van der Waals surface area contributed by atoms with Gasteiger partial charge in [0.25, 0.3) is 17.7 Å². The monoisotopic (exact) mass is 1260 g/mol. The quantitative estimate of drug-likeness (QED) is 0.0374. The van der Waals surface area contributed by atoms with Crippen molar-refractivity contribution in [3.63, 3.8) is 0 Å². The van der Waals surface area contributed by atoms with E-state index in [2.05, 4.69) is 46.9 Å². The van der Waals surface area contributed by atoms with Crippen LogP contribution in [0, 0.1) is 12.8 Å². The second-order valence-electron chi connectivity index (χ2n) is 19.1. The van der Waals surface area contributed by atoms with Crippen molar-refractivity contribution in [2.75, 3.05) is 32.2 Å². The molecule has 0 spiro atoms. The number of anilines is 1. The fourth-order valence-electron chi connectivity index (χ4n) is 8.45. The highest BCUT2D eigenvalue weighted by Gasteiger charge is 2.33. The van der Waals surface area contributed by atoms with Gasteiger partial charge in [0.2, 0.25) is 17.7 Å². The lowest BCUT2D eigenvalue weighted by Gasteiger charge is -2.23. The fraction of sp³-hybridized carbons (Fsp3) is 0.327. The summed E-state index contributed by atoms with van der Waals surface area (Å²) in [6, 6.07) is 9.37.